The van der Waals surface area contributed by atoms with Crippen molar-refractivity contribution in [2.24, 2.45) is 13.0 Å². The van der Waals surface area contributed by atoms with Gasteiger partial charge < -0.3 is 4.57 Å². The van der Waals surface area contributed by atoms with Gasteiger partial charge >= 0.3 is 0 Å². The van der Waals surface area contributed by atoms with Crippen molar-refractivity contribution in [1.29, 1.82) is 0 Å². The predicted molar refractivity (Wildman–Crippen MR) is 107 cm³/mol. The first-order chi connectivity index (χ1) is 13.1. The van der Waals surface area contributed by atoms with Gasteiger partial charge in [-0.1, -0.05) is 61.6 Å². The average Bonchev–Trinajstić information content (AvgIpc) is 3.12. The van der Waals surface area contributed by atoms with Crippen LogP contribution in [0.3, 0.4) is 0 Å². The Balaban J connectivity index is 1.54. The van der Waals surface area contributed by atoms with Gasteiger partial charge in [0.2, 0.25) is 5.13 Å². The molecule has 1 fully saturated rings. The van der Waals surface area contributed by atoms with Crippen LogP contribution >= 0.6 is 11.3 Å². The van der Waals surface area contributed by atoms with E-state index in [9.17, 15) is 9.59 Å². The molecule has 1 aromatic carbocycles. The summed E-state index contributed by atoms with van der Waals surface area (Å²) in [7, 11) is 1.70. The fraction of sp³-hybridized carbons (Fsp3) is 0.400. The maximum atomic E-state index is 12.8. The molecule has 1 aliphatic carbocycles. The molecule has 140 valence electrons. The number of para-hydroxylation sites is 1. The molecule has 0 bridgehead atoms. The third kappa shape index (κ3) is 3.78. The zero-order chi connectivity index (χ0) is 18.8. The first-order valence-electron chi connectivity index (χ1n) is 9.34. The number of pyridine rings is 1. The fourth-order valence-electron chi connectivity index (χ4n) is 3.79. The second-order valence-electron chi connectivity index (χ2n) is 7.14. The number of carbonyl (C=O) groups is 1. The Morgan fingerprint density at radius 3 is 2.81 bits per heavy atom. The molecule has 0 saturated heterocycles. The van der Waals surface area contributed by atoms with Crippen LogP contribution in [0.15, 0.2) is 35.1 Å². The van der Waals surface area contributed by atoms with Crippen molar-refractivity contribution in [3.05, 3.63) is 51.3 Å². The molecule has 3 aromatic rings. The third-order valence-electron chi connectivity index (χ3n) is 5.27. The Hall–Kier alpha value is -2.54. The summed E-state index contributed by atoms with van der Waals surface area (Å²) >= 11 is 1.42. The zero-order valence-electron chi connectivity index (χ0n) is 15.3. The number of hydrogen-bond donors (Lipinski definition) is 1. The summed E-state index contributed by atoms with van der Waals surface area (Å²) in [5.74, 6) is 0.348. The highest BCUT2D eigenvalue weighted by molar-refractivity contribution is 7.15. The van der Waals surface area contributed by atoms with Gasteiger partial charge in [-0.25, -0.2) is 0 Å². The fourth-order valence-corrected chi connectivity index (χ4v) is 4.64. The summed E-state index contributed by atoms with van der Waals surface area (Å²) in [6.45, 7) is 0. The number of nitrogens with one attached hydrogen (secondary N) is 1. The van der Waals surface area contributed by atoms with E-state index >= 15 is 0 Å². The minimum atomic E-state index is -0.329. The number of amides is 1. The number of carbonyl (C=O) groups excluding carboxylic acids is 1. The molecule has 0 aliphatic heterocycles. The number of nitrogens with zero attached hydrogens (tertiary/aromatic N) is 3. The highest BCUT2D eigenvalue weighted by atomic mass is 32.1. The number of benzene rings is 1. The van der Waals surface area contributed by atoms with E-state index in [1.807, 2.05) is 24.3 Å². The third-order valence-corrected chi connectivity index (χ3v) is 6.13. The van der Waals surface area contributed by atoms with Crippen LogP contribution in [0.5, 0.6) is 0 Å². The van der Waals surface area contributed by atoms with Crippen molar-refractivity contribution >= 4 is 33.3 Å². The summed E-state index contributed by atoms with van der Waals surface area (Å²) in [6, 6.07) is 8.77. The zero-order valence-corrected chi connectivity index (χ0v) is 16.1. The minimum absolute atomic E-state index is 0.214. The van der Waals surface area contributed by atoms with Crippen LogP contribution in [0, 0.1) is 5.92 Å². The Labute approximate surface area is 161 Å². The van der Waals surface area contributed by atoms with E-state index in [-0.39, 0.29) is 11.5 Å². The smallest absolute Gasteiger partial charge is 0.258 e. The van der Waals surface area contributed by atoms with Gasteiger partial charge in [0.25, 0.3) is 11.5 Å². The summed E-state index contributed by atoms with van der Waals surface area (Å²) in [4.78, 5) is 25.0. The molecule has 27 heavy (non-hydrogen) atoms. The van der Waals surface area contributed by atoms with Crippen LogP contribution in [-0.2, 0) is 13.5 Å². The second kappa shape index (κ2) is 7.60. The monoisotopic (exact) mass is 382 g/mol. The summed E-state index contributed by atoms with van der Waals surface area (Å²) < 4.78 is 1.54. The molecule has 1 saturated carbocycles. The van der Waals surface area contributed by atoms with Gasteiger partial charge in [-0.2, -0.15) is 0 Å². The van der Waals surface area contributed by atoms with Crippen molar-refractivity contribution in [2.75, 3.05) is 5.32 Å². The van der Waals surface area contributed by atoms with Crippen LogP contribution in [0.4, 0.5) is 5.13 Å². The average molecular weight is 382 g/mol. The molecule has 0 radical (unpaired) electrons. The topological polar surface area (TPSA) is 76.9 Å². The standard InChI is InChI=1S/C20H22N4O2S/c1-24-16-10-6-5-9-14(16)15(12-18(24)25)19(26)21-20-23-22-17(27-20)11-13-7-3-2-4-8-13/h5-6,9-10,12-13H,2-4,7-8,11H2,1H3,(H,21,23,26). The van der Waals surface area contributed by atoms with Crippen LogP contribution in [0.1, 0.15) is 47.5 Å². The maximum absolute atomic E-state index is 12.8. The first-order valence-corrected chi connectivity index (χ1v) is 10.2. The quantitative estimate of drug-likeness (QED) is 0.745. The van der Waals surface area contributed by atoms with Crippen LogP contribution in [-0.4, -0.2) is 20.7 Å². The molecule has 0 spiro atoms. The van der Waals surface area contributed by atoms with Crippen molar-refractivity contribution in [1.82, 2.24) is 14.8 Å². The Morgan fingerprint density at radius 2 is 2.00 bits per heavy atom. The van der Waals surface area contributed by atoms with E-state index in [1.54, 1.807) is 11.6 Å². The highest BCUT2D eigenvalue weighted by Gasteiger charge is 2.18. The number of anilines is 1. The molecule has 0 atom stereocenters. The lowest BCUT2D eigenvalue weighted by Crippen LogP contribution is -2.21. The van der Waals surface area contributed by atoms with Crippen molar-refractivity contribution < 1.29 is 4.79 Å². The SMILES string of the molecule is Cn1c(=O)cc(C(=O)Nc2nnc(CC3CCCCC3)s2)c2ccccc21. The summed E-state index contributed by atoms with van der Waals surface area (Å²) in [6.07, 6.45) is 7.36. The lowest BCUT2D eigenvalue weighted by molar-refractivity contribution is 0.102. The van der Waals surface area contributed by atoms with Gasteiger partial charge in [0.1, 0.15) is 5.01 Å². The lowest BCUT2D eigenvalue weighted by atomic mass is 9.87. The van der Waals surface area contributed by atoms with Crippen molar-refractivity contribution in [3.8, 4) is 0 Å². The highest BCUT2D eigenvalue weighted by Crippen LogP contribution is 2.29. The van der Waals surface area contributed by atoms with E-state index in [2.05, 4.69) is 15.5 Å². The van der Waals surface area contributed by atoms with E-state index in [4.69, 9.17) is 0 Å². The first kappa shape index (κ1) is 17.9. The van der Waals surface area contributed by atoms with Gasteiger partial charge in [-0.15, -0.1) is 10.2 Å². The van der Waals surface area contributed by atoms with Crippen LogP contribution in [0.25, 0.3) is 10.9 Å². The Kier molecular flexibility index (Phi) is 5.03. The van der Waals surface area contributed by atoms with E-state index in [0.29, 0.717) is 16.6 Å². The van der Waals surface area contributed by atoms with Gasteiger partial charge in [0, 0.05) is 24.9 Å². The molecule has 1 N–H and O–H groups in total. The van der Waals surface area contributed by atoms with Crippen LogP contribution < -0.4 is 10.9 Å². The largest absolute Gasteiger partial charge is 0.311 e. The molecular weight excluding hydrogens is 360 g/mol. The lowest BCUT2D eigenvalue weighted by Gasteiger charge is -2.19. The van der Waals surface area contributed by atoms with E-state index in [0.717, 1.165) is 22.3 Å². The van der Waals surface area contributed by atoms with E-state index in [1.165, 1.54) is 49.5 Å². The Morgan fingerprint density at radius 1 is 1.22 bits per heavy atom. The van der Waals surface area contributed by atoms with Crippen LogP contribution in [0.2, 0.25) is 0 Å². The van der Waals surface area contributed by atoms with E-state index < -0.39 is 0 Å². The molecule has 1 amide bonds. The molecule has 7 heteroatoms. The second-order valence-corrected chi connectivity index (χ2v) is 8.20. The molecule has 0 unspecified atom stereocenters. The summed E-state index contributed by atoms with van der Waals surface area (Å²) in [5, 5.41) is 13.4. The molecule has 2 heterocycles. The number of aromatic nitrogens is 3. The van der Waals surface area contributed by atoms with Crippen molar-refractivity contribution in [3.63, 3.8) is 0 Å². The summed E-state index contributed by atoms with van der Waals surface area (Å²) in [5.41, 5.74) is 0.872. The predicted octanol–water partition coefficient (Wildman–Crippen LogP) is 3.77. The molecule has 4 rings (SSSR count). The normalized spacial score (nSPS) is 15.1. The van der Waals surface area contributed by atoms with Crippen molar-refractivity contribution in [2.45, 2.75) is 38.5 Å². The maximum Gasteiger partial charge on any atom is 0.258 e. The number of rotatable bonds is 4. The Bertz CT molecular complexity index is 1030. The number of fused-ring (bicyclic) bond motifs is 1. The molecule has 2 aromatic heterocycles. The number of hydrogen-bond acceptors (Lipinski definition) is 5. The van der Waals surface area contributed by atoms with Gasteiger partial charge in [0.05, 0.1) is 11.1 Å². The van der Waals surface area contributed by atoms with Gasteiger partial charge in [-0.3, -0.25) is 14.9 Å². The van der Waals surface area contributed by atoms with Gasteiger partial charge in [0.15, 0.2) is 0 Å². The minimum Gasteiger partial charge on any atom is -0.311 e. The molecular formula is C20H22N4O2S. The van der Waals surface area contributed by atoms with Gasteiger partial charge in [-0.05, 0) is 12.0 Å². The molecule has 1 aliphatic rings. The molecule has 6 nitrogen and oxygen atoms in total. The number of aryl methyl sites for hydroxylation is 1.